The van der Waals surface area contributed by atoms with E-state index in [2.05, 4.69) is 10.1 Å². The summed E-state index contributed by atoms with van der Waals surface area (Å²) in [5.74, 6) is -1.16. The molecular weight excluding hydrogens is 287 g/mol. The van der Waals surface area contributed by atoms with Gasteiger partial charge in [0, 0.05) is 11.6 Å². The first-order valence-electron chi connectivity index (χ1n) is 5.21. The third kappa shape index (κ3) is 5.80. The highest BCUT2D eigenvalue weighted by Gasteiger charge is 2.27. The van der Waals surface area contributed by atoms with Crippen molar-refractivity contribution in [2.24, 2.45) is 0 Å². The van der Waals surface area contributed by atoms with E-state index in [9.17, 15) is 18.0 Å². The average molecular weight is 298 g/mol. The molecule has 0 heterocycles. The summed E-state index contributed by atoms with van der Waals surface area (Å²) in [5, 5.41) is 11.9. The van der Waals surface area contributed by atoms with E-state index >= 15 is 0 Å². The lowest BCUT2D eigenvalue weighted by Crippen LogP contribution is -2.20. The standard InChI is InChI=1S/C11H11ClF3NO3/c12-7-1-2-8(10(17)18)9(5-7)16-3-4-19-6-11(13,14)15/h1-2,5,16H,3-4,6H2,(H,17,18). The maximum absolute atomic E-state index is 11.8. The van der Waals surface area contributed by atoms with Gasteiger partial charge in [0.1, 0.15) is 6.61 Å². The summed E-state index contributed by atoms with van der Waals surface area (Å²) >= 11 is 5.71. The van der Waals surface area contributed by atoms with E-state index < -0.39 is 18.8 Å². The molecule has 1 rings (SSSR count). The lowest BCUT2D eigenvalue weighted by molar-refractivity contribution is -0.172. The van der Waals surface area contributed by atoms with Gasteiger partial charge in [0.05, 0.1) is 17.9 Å². The van der Waals surface area contributed by atoms with Crippen molar-refractivity contribution in [2.75, 3.05) is 25.1 Å². The maximum Gasteiger partial charge on any atom is 0.411 e. The zero-order valence-electron chi connectivity index (χ0n) is 9.63. The summed E-state index contributed by atoms with van der Waals surface area (Å²) in [7, 11) is 0. The van der Waals surface area contributed by atoms with Crippen molar-refractivity contribution in [3.63, 3.8) is 0 Å². The Hall–Kier alpha value is -1.47. The Balaban J connectivity index is 2.49. The summed E-state index contributed by atoms with van der Waals surface area (Å²) < 4.78 is 39.7. The molecular formula is C11H11ClF3NO3. The summed E-state index contributed by atoms with van der Waals surface area (Å²) in [6.45, 7) is -1.50. The highest BCUT2D eigenvalue weighted by molar-refractivity contribution is 6.31. The maximum atomic E-state index is 11.8. The number of nitrogens with one attached hydrogen (secondary N) is 1. The molecule has 0 aromatic heterocycles. The van der Waals surface area contributed by atoms with Crippen molar-refractivity contribution < 1.29 is 27.8 Å². The van der Waals surface area contributed by atoms with Crippen LogP contribution in [0.25, 0.3) is 0 Å². The third-order valence-electron chi connectivity index (χ3n) is 2.04. The van der Waals surface area contributed by atoms with Gasteiger partial charge >= 0.3 is 12.1 Å². The predicted molar refractivity (Wildman–Crippen MR) is 63.8 cm³/mol. The lowest BCUT2D eigenvalue weighted by atomic mass is 10.2. The van der Waals surface area contributed by atoms with Gasteiger partial charge in [-0.15, -0.1) is 0 Å². The van der Waals surface area contributed by atoms with E-state index in [0.29, 0.717) is 5.02 Å². The molecule has 0 amide bonds. The number of carboxylic acid groups (broad SMARTS) is 1. The van der Waals surface area contributed by atoms with Crippen molar-refractivity contribution in [3.8, 4) is 0 Å². The fourth-order valence-corrected chi connectivity index (χ4v) is 1.47. The molecule has 106 valence electrons. The number of benzene rings is 1. The number of carboxylic acids is 1. The Morgan fingerprint density at radius 2 is 2.11 bits per heavy atom. The summed E-state index contributed by atoms with van der Waals surface area (Å²) in [6.07, 6.45) is -4.37. The smallest absolute Gasteiger partial charge is 0.411 e. The van der Waals surface area contributed by atoms with E-state index in [4.69, 9.17) is 16.7 Å². The highest BCUT2D eigenvalue weighted by Crippen LogP contribution is 2.21. The molecule has 0 saturated carbocycles. The van der Waals surface area contributed by atoms with Crippen molar-refractivity contribution in [1.29, 1.82) is 0 Å². The first-order chi connectivity index (χ1) is 8.79. The number of carbonyl (C=O) groups is 1. The van der Waals surface area contributed by atoms with Crippen molar-refractivity contribution in [1.82, 2.24) is 0 Å². The fraction of sp³-hybridized carbons (Fsp3) is 0.364. The van der Waals surface area contributed by atoms with Crippen LogP contribution in [0.3, 0.4) is 0 Å². The molecule has 0 aliphatic rings. The Bertz CT molecular complexity index is 451. The van der Waals surface area contributed by atoms with Gasteiger partial charge in [-0.25, -0.2) is 4.79 Å². The van der Waals surface area contributed by atoms with Crippen LogP contribution in [0.5, 0.6) is 0 Å². The number of rotatable bonds is 6. The van der Waals surface area contributed by atoms with Crippen molar-refractivity contribution in [2.45, 2.75) is 6.18 Å². The van der Waals surface area contributed by atoms with Crippen molar-refractivity contribution >= 4 is 23.3 Å². The van der Waals surface area contributed by atoms with E-state index in [0.717, 1.165) is 0 Å². The van der Waals surface area contributed by atoms with Gasteiger partial charge in [-0.3, -0.25) is 0 Å². The van der Waals surface area contributed by atoms with Crippen LogP contribution in [0.2, 0.25) is 5.02 Å². The van der Waals surface area contributed by atoms with E-state index in [1.807, 2.05) is 0 Å². The van der Waals surface area contributed by atoms with Crippen LogP contribution in [0.15, 0.2) is 18.2 Å². The van der Waals surface area contributed by atoms with E-state index in [1.165, 1.54) is 18.2 Å². The molecule has 4 nitrogen and oxygen atoms in total. The molecule has 0 bridgehead atoms. The number of hydrogen-bond donors (Lipinski definition) is 2. The number of hydrogen-bond acceptors (Lipinski definition) is 3. The molecule has 0 saturated heterocycles. The molecule has 19 heavy (non-hydrogen) atoms. The van der Waals surface area contributed by atoms with Gasteiger partial charge in [-0.05, 0) is 18.2 Å². The van der Waals surface area contributed by atoms with E-state index in [-0.39, 0.29) is 24.4 Å². The molecule has 1 aromatic rings. The number of ether oxygens (including phenoxy) is 1. The fourth-order valence-electron chi connectivity index (χ4n) is 1.29. The number of anilines is 1. The van der Waals surface area contributed by atoms with Gasteiger partial charge in [0.25, 0.3) is 0 Å². The normalized spacial score (nSPS) is 11.4. The minimum absolute atomic E-state index is 0.0137. The Kier molecular flexibility index (Phi) is 5.44. The van der Waals surface area contributed by atoms with Crippen LogP contribution in [-0.4, -0.2) is 37.0 Å². The van der Waals surface area contributed by atoms with Crippen LogP contribution in [0.1, 0.15) is 10.4 Å². The largest absolute Gasteiger partial charge is 0.478 e. The topological polar surface area (TPSA) is 58.6 Å². The Labute approximate surface area is 112 Å². The molecule has 0 unspecified atom stereocenters. The quantitative estimate of drug-likeness (QED) is 0.792. The van der Waals surface area contributed by atoms with Gasteiger partial charge in [-0.2, -0.15) is 13.2 Å². The van der Waals surface area contributed by atoms with Crippen molar-refractivity contribution in [3.05, 3.63) is 28.8 Å². The Morgan fingerprint density at radius 3 is 2.68 bits per heavy atom. The molecule has 0 atom stereocenters. The van der Waals surface area contributed by atoms with Gasteiger partial charge in [0.2, 0.25) is 0 Å². The zero-order chi connectivity index (χ0) is 14.5. The molecule has 0 aliphatic carbocycles. The minimum atomic E-state index is -4.37. The zero-order valence-corrected chi connectivity index (χ0v) is 10.4. The molecule has 0 spiro atoms. The summed E-state index contributed by atoms with van der Waals surface area (Å²) in [6, 6.07) is 4.11. The first-order valence-corrected chi connectivity index (χ1v) is 5.58. The number of halogens is 4. The third-order valence-corrected chi connectivity index (χ3v) is 2.27. The first kappa shape index (κ1) is 15.6. The molecule has 1 aromatic carbocycles. The monoisotopic (exact) mass is 297 g/mol. The second kappa shape index (κ2) is 6.63. The van der Waals surface area contributed by atoms with Gasteiger partial charge < -0.3 is 15.2 Å². The Morgan fingerprint density at radius 1 is 1.42 bits per heavy atom. The van der Waals surface area contributed by atoms with Gasteiger partial charge in [-0.1, -0.05) is 11.6 Å². The average Bonchev–Trinajstić information content (AvgIpc) is 2.26. The number of aromatic carboxylic acids is 1. The molecule has 8 heteroatoms. The SMILES string of the molecule is O=C(O)c1ccc(Cl)cc1NCCOCC(F)(F)F. The molecule has 0 radical (unpaired) electrons. The van der Waals surface area contributed by atoms with E-state index in [1.54, 1.807) is 0 Å². The lowest BCUT2D eigenvalue weighted by Gasteiger charge is -2.11. The van der Waals surface area contributed by atoms with Crippen LogP contribution in [-0.2, 0) is 4.74 Å². The van der Waals surface area contributed by atoms with Crippen LogP contribution < -0.4 is 5.32 Å². The predicted octanol–water partition coefficient (Wildman–Crippen LogP) is 3.03. The van der Waals surface area contributed by atoms with Crippen LogP contribution in [0.4, 0.5) is 18.9 Å². The highest BCUT2D eigenvalue weighted by atomic mass is 35.5. The second-order valence-electron chi connectivity index (χ2n) is 3.59. The summed E-state index contributed by atoms with van der Waals surface area (Å²) in [5.41, 5.74) is 0.218. The number of alkyl halides is 3. The van der Waals surface area contributed by atoms with Crippen LogP contribution >= 0.6 is 11.6 Å². The molecule has 0 fully saturated rings. The molecule has 2 N–H and O–H groups in total. The summed E-state index contributed by atoms with van der Waals surface area (Å²) in [4.78, 5) is 10.9. The second-order valence-corrected chi connectivity index (χ2v) is 4.03. The van der Waals surface area contributed by atoms with Gasteiger partial charge in [0.15, 0.2) is 0 Å². The minimum Gasteiger partial charge on any atom is -0.478 e. The molecule has 0 aliphatic heterocycles. The van der Waals surface area contributed by atoms with Crippen LogP contribution in [0, 0.1) is 0 Å².